The van der Waals surface area contributed by atoms with Gasteiger partial charge in [0, 0.05) is 6.54 Å². The van der Waals surface area contributed by atoms with E-state index in [1.54, 1.807) is 6.92 Å². The smallest absolute Gasteiger partial charge is 0.315 e. The highest BCUT2D eigenvalue weighted by Crippen LogP contribution is 2.08. The van der Waals surface area contributed by atoms with Crippen molar-refractivity contribution in [2.24, 2.45) is 10.9 Å². The summed E-state index contributed by atoms with van der Waals surface area (Å²) in [6.45, 7) is 6.23. The topological polar surface area (TPSA) is 99.7 Å². The van der Waals surface area contributed by atoms with Gasteiger partial charge in [-0.15, -0.1) is 0 Å². The Morgan fingerprint density at radius 3 is 2.56 bits per heavy atom. The van der Waals surface area contributed by atoms with E-state index in [1.165, 1.54) is 0 Å². The number of rotatable bonds is 6. The number of unbranched alkanes of at least 4 members (excludes halogenated alkanes) is 1. The van der Waals surface area contributed by atoms with Gasteiger partial charge >= 0.3 is 6.03 Å². The van der Waals surface area contributed by atoms with Crippen molar-refractivity contribution in [3.8, 4) is 0 Å². The van der Waals surface area contributed by atoms with Gasteiger partial charge < -0.3 is 21.6 Å². The summed E-state index contributed by atoms with van der Waals surface area (Å²) in [6.07, 6.45) is 2.50. The molecular weight excluding hydrogens is 208 g/mol. The van der Waals surface area contributed by atoms with Crippen LogP contribution in [-0.4, -0.2) is 29.2 Å². The van der Waals surface area contributed by atoms with Crippen LogP contribution >= 0.6 is 0 Å². The van der Waals surface area contributed by atoms with E-state index in [9.17, 15) is 4.79 Å². The van der Waals surface area contributed by atoms with Gasteiger partial charge in [-0.2, -0.15) is 0 Å². The number of carbonyl (C=O) groups excluding carboxylic acids is 1. The third-order valence-corrected chi connectivity index (χ3v) is 2.59. The first-order valence-corrected chi connectivity index (χ1v) is 5.54. The van der Waals surface area contributed by atoms with E-state index in [0.717, 1.165) is 12.8 Å². The van der Waals surface area contributed by atoms with Crippen molar-refractivity contribution in [2.75, 3.05) is 6.54 Å². The largest absolute Gasteiger partial charge is 0.409 e. The first kappa shape index (κ1) is 14.5. The Kier molecular flexibility index (Phi) is 6.29. The molecule has 0 radical (unpaired) electrons. The molecule has 0 aromatic rings. The maximum Gasteiger partial charge on any atom is 0.315 e. The molecule has 0 saturated carbocycles. The average Bonchev–Trinajstić information content (AvgIpc) is 2.28. The Balaban J connectivity index is 4.27. The van der Waals surface area contributed by atoms with Gasteiger partial charge in [0.2, 0.25) is 0 Å². The molecule has 1 unspecified atom stereocenters. The molecular formula is C10H22N4O2. The van der Waals surface area contributed by atoms with E-state index in [-0.39, 0.29) is 11.9 Å². The number of hydrogen-bond acceptors (Lipinski definition) is 3. The quantitative estimate of drug-likeness (QED) is 0.180. The predicted molar refractivity (Wildman–Crippen MR) is 63.5 cm³/mol. The number of nitrogens with one attached hydrogen (secondary N) is 2. The molecule has 6 nitrogen and oxygen atoms in total. The molecule has 0 aliphatic rings. The molecule has 16 heavy (non-hydrogen) atoms. The molecule has 2 amide bonds. The summed E-state index contributed by atoms with van der Waals surface area (Å²) >= 11 is 0. The number of nitrogens with zero attached hydrogens (tertiary/aromatic N) is 1. The second kappa shape index (κ2) is 6.92. The monoisotopic (exact) mass is 230 g/mol. The zero-order chi connectivity index (χ0) is 12.6. The second-order valence-electron chi connectivity index (χ2n) is 3.91. The second-order valence-corrected chi connectivity index (χ2v) is 3.91. The van der Waals surface area contributed by atoms with Crippen LogP contribution in [0.5, 0.6) is 0 Å². The lowest BCUT2D eigenvalue weighted by Crippen LogP contribution is -2.57. The van der Waals surface area contributed by atoms with Crippen LogP contribution < -0.4 is 16.4 Å². The zero-order valence-electron chi connectivity index (χ0n) is 10.2. The first-order valence-electron chi connectivity index (χ1n) is 5.54. The maximum atomic E-state index is 11.5. The molecule has 0 saturated heterocycles. The Labute approximate surface area is 96.3 Å². The Bertz CT molecular complexity index is 255. The van der Waals surface area contributed by atoms with Crippen molar-refractivity contribution < 1.29 is 10.0 Å². The zero-order valence-corrected chi connectivity index (χ0v) is 10.2. The van der Waals surface area contributed by atoms with Crippen molar-refractivity contribution in [1.82, 2.24) is 10.6 Å². The first-order chi connectivity index (χ1) is 7.50. The predicted octanol–water partition coefficient (Wildman–Crippen LogP) is 1.00. The molecule has 0 spiro atoms. The normalized spacial score (nSPS) is 15.3. The standard InChI is InChI=1S/C10H22N4O2/c1-4-6-7-12-9(15)13-10(3,5-2)8(11)14-16/h16H,4-7H2,1-3H3,(H2,11,14)(H2,12,13,15). The fraction of sp³-hybridized carbons (Fsp3) is 0.800. The Morgan fingerprint density at radius 2 is 2.12 bits per heavy atom. The van der Waals surface area contributed by atoms with Gasteiger partial charge in [0.05, 0.1) is 5.54 Å². The summed E-state index contributed by atoms with van der Waals surface area (Å²) in [4.78, 5) is 11.5. The molecule has 0 fully saturated rings. The lowest BCUT2D eigenvalue weighted by Gasteiger charge is -2.27. The van der Waals surface area contributed by atoms with Crippen LogP contribution in [0.4, 0.5) is 4.79 Å². The molecule has 5 N–H and O–H groups in total. The van der Waals surface area contributed by atoms with Crippen LogP contribution in [-0.2, 0) is 0 Å². The van der Waals surface area contributed by atoms with Gasteiger partial charge in [0.25, 0.3) is 0 Å². The number of carbonyl (C=O) groups is 1. The lowest BCUT2D eigenvalue weighted by atomic mass is 9.98. The van der Waals surface area contributed by atoms with Crippen LogP contribution in [0.25, 0.3) is 0 Å². The molecule has 0 aromatic carbocycles. The average molecular weight is 230 g/mol. The number of oxime groups is 1. The highest BCUT2D eigenvalue weighted by Gasteiger charge is 2.29. The molecule has 0 aromatic heterocycles. The number of amides is 2. The summed E-state index contributed by atoms with van der Waals surface area (Å²) in [5.41, 5.74) is 4.71. The SMILES string of the molecule is CCCCNC(=O)NC(C)(CC)/C(N)=N/O. The van der Waals surface area contributed by atoms with Crippen LogP contribution in [0.3, 0.4) is 0 Å². The summed E-state index contributed by atoms with van der Waals surface area (Å²) in [7, 11) is 0. The van der Waals surface area contributed by atoms with Crippen molar-refractivity contribution >= 4 is 11.9 Å². The minimum absolute atomic E-state index is 0.000594. The molecule has 0 rings (SSSR count). The number of amidine groups is 1. The number of nitrogens with two attached hydrogens (primary N) is 1. The summed E-state index contributed by atoms with van der Waals surface area (Å²) in [5.74, 6) is 0.000594. The summed E-state index contributed by atoms with van der Waals surface area (Å²) in [6, 6.07) is -0.301. The molecule has 1 atom stereocenters. The summed E-state index contributed by atoms with van der Waals surface area (Å²) in [5, 5.41) is 16.9. The summed E-state index contributed by atoms with van der Waals surface area (Å²) < 4.78 is 0. The Hall–Kier alpha value is -1.46. The highest BCUT2D eigenvalue weighted by atomic mass is 16.4. The van der Waals surface area contributed by atoms with Gasteiger partial charge in [-0.25, -0.2) is 4.79 Å². The number of hydrogen-bond donors (Lipinski definition) is 4. The molecule has 0 aliphatic carbocycles. The van der Waals surface area contributed by atoms with E-state index >= 15 is 0 Å². The lowest BCUT2D eigenvalue weighted by molar-refractivity contribution is 0.232. The van der Waals surface area contributed by atoms with E-state index in [1.807, 2.05) is 13.8 Å². The van der Waals surface area contributed by atoms with Gasteiger partial charge in [-0.1, -0.05) is 25.4 Å². The Morgan fingerprint density at radius 1 is 1.50 bits per heavy atom. The van der Waals surface area contributed by atoms with Crippen molar-refractivity contribution in [3.63, 3.8) is 0 Å². The van der Waals surface area contributed by atoms with E-state index in [2.05, 4.69) is 15.8 Å². The molecule has 94 valence electrons. The maximum absolute atomic E-state index is 11.5. The van der Waals surface area contributed by atoms with Crippen LogP contribution in [0.1, 0.15) is 40.0 Å². The van der Waals surface area contributed by atoms with E-state index in [4.69, 9.17) is 10.9 Å². The molecule has 0 aliphatic heterocycles. The minimum atomic E-state index is -0.814. The highest BCUT2D eigenvalue weighted by molar-refractivity contribution is 5.93. The van der Waals surface area contributed by atoms with Crippen molar-refractivity contribution in [3.05, 3.63) is 0 Å². The number of urea groups is 1. The van der Waals surface area contributed by atoms with E-state index < -0.39 is 5.54 Å². The minimum Gasteiger partial charge on any atom is -0.409 e. The van der Waals surface area contributed by atoms with E-state index in [0.29, 0.717) is 13.0 Å². The van der Waals surface area contributed by atoms with Crippen molar-refractivity contribution in [1.29, 1.82) is 0 Å². The molecule has 6 heteroatoms. The van der Waals surface area contributed by atoms with Crippen molar-refractivity contribution in [2.45, 2.75) is 45.6 Å². The van der Waals surface area contributed by atoms with Gasteiger partial charge in [0.1, 0.15) is 0 Å². The van der Waals surface area contributed by atoms with Gasteiger partial charge in [-0.3, -0.25) is 0 Å². The third kappa shape index (κ3) is 4.37. The van der Waals surface area contributed by atoms with Crippen LogP contribution in [0.15, 0.2) is 5.16 Å². The van der Waals surface area contributed by atoms with Gasteiger partial charge in [0.15, 0.2) is 5.84 Å². The van der Waals surface area contributed by atoms with Crippen LogP contribution in [0.2, 0.25) is 0 Å². The van der Waals surface area contributed by atoms with Crippen LogP contribution in [0, 0.1) is 0 Å². The fourth-order valence-corrected chi connectivity index (χ4v) is 1.12. The molecule has 0 heterocycles. The third-order valence-electron chi connectivity index (χ3n) is 2.59. The van der Waals surface area contributed by atoms with Gasteiger partial charge in [-0.05, 0) is 19.8 Å². The molecule has 0 bridgehead atoms. The fourth-order valence-electron chi connectivity index (χ4n) is 1.12.